The van der Waals surface area contributed by atoms with Crippen LogP contribution in [0, 0.1) is 6.92 Å². The number of anilines is 1. The summed E-state index contributed by atoms with van der Waals surface area (Å²) in [6.45, 7) is 2.58. The smallest absolute Gasteiger partial charge is 0.125 e. The molecule has 0 spiro atoms. The highest BCUT2D eigenvalue weighted by atomic mass is 32.1. The summed E-state index contributed by atoms with van der Waals surface area (Å²) in [6.07, 6.45) is 3.55. The van der Waals surface area contributed by atoms with Gasteiger partial charge in [0.05, 0.1) is 35.8 Å². The summed E-state index contributed by atoms with van der Waals surface area (Å²) in [5.74, 6) is 0.782. The van der Waals surface area contributed by atoms with E-state index in [2.05, 4.69) is 20.3 Å². The van der Waals surface area contributed by atoms with E-state index in [4.69, 9.17) is 0 Å². The van der Waals surface area contributed by atoms with Crippen LogP contribution in [0.3, 0.4) is 0 Å². The van der Waals surface area contributed by atoms with Crippen LogP contribution in [-0.4, -0.2) is 15.0 Å². The third-order valence-corrected chi connectivity index (χ3v) is 2.37. The molecule has 1 N–H and O–H groups in total. The number of nitrogens with zero attached hydrogens (tertiary/aromatic N) is 3. The van der Waals surface area contributed by atoms with E-state index in [9.17, 15) is 0 Å². The Morgan fingerprint density at radius 1 is 1.29 bits per heavy atom. The molecule has 72 valence electrons. The number of aryl methyl sites for hydroxylation is 1. The molecular weight excluding hydrogens is 196 g/mol. The fourth-order valence-electron chi connectivity index (χ4n) is 1.00. The first kappa shape index (κ1) is 9.08. The minimum atomic E-state index is 0.718. The minimum Gasteiger partial charge on any atom is -0.377 e. The van der Waals surface area contributed by atoms with Crippen molar-refractivity contribution in [2.24, 2.45) is 0 Å². The number of hydrogen-bond donors (Lipinski definition) is 1. The van der Waals surface area contributed by atoms with Crippen molar-refractivity contribution in [2.45, 2.75) is 13.5 Å². The number of nitrogens with one attached hydrogen (secondary N) is 1. The van der Waals surface area contributed by atoms with Crippen LogP contribution in [0.5, 0.6) is 0 Å². The Morgan fingerprint density at radius 3 is 2.71 bits per heavy atom. The first-order valence-corrected chi connectivity index (χ1v) is 5.18. The zero-order valence-electron chi connectivity index (χ0n) is 7.77. The Hall–Kier alpha value is -1.49. The molecule has 0 bridgehead atoms. The van der Waals surface area contributed by atoms with Crippen LogP contribution in [0.1, 0.15) is 11.5 Å². The largest absolute Gasteiger partial charge is 0.377 e. The predicted octanol–water partition coefficient (Wildman–Crippen LogP) is 1.85. The molecule has 0 unspecified atom stereocenters. The number of thiazole rings is 1. The van der Waals surface area contributed by atoms with Crippen LogP contribution in [0.4, 0.5) is 5.69 Å². The van der Waals surface area contributed by atoms with Crippen molar-refractivity contribution in [1.82, 2.24) is 15.0 Å². The summed E-state index contributed by atoms with van der Waals surface area (Å²) in [4.78, 5) is 12.3. The topological polar surface area (TPSA) is 50.7 Å². The van der Waals surface area contributed by atoms with Gasteiger partial charge in [0, 0.05) is 5.38 Å². The minimum absolute atomic E-state index is 0.718. The molecule has 0 amide bonds. The lowest BCUT2D eigenvalue weighted by Crippen LogP contribution is -2.00. The van der Waals surface area contributed by atoms with E-state index in [-0.39, 0.29) is 0 Å². The van der Waals surface area contributed by atoms with Gasteiger partial charge in [-0.2, -0.15) is 0 Å². The van der Waals surface area contributed by atoms with Gasteiger partial charge in [-0.05, 0) is 6.92 Å². The van der Waals surface area contributed by atoms with Gasteiger partial charge < -0.3 is 5.32 Å². The van der Waals surface area contributed by atoms with E-state index >= 15 is 0 Å². The average Bonchev–Trinajstić information content (AvgIpc) is 2.70. The van der Waals surface area contributed by atoms with E-state index in [1.807, 2.05) is 17.8 Å². The van der Waals surface area contributed by atoms with Crippen LogP contribution in [0.25, 0.3) is 0 Å². The maximum Gasteiger partial charge on any atom is 0.125 e. The lowest BCUT2D eigenvalue weighted by atomic mass is 10.4. The highest BCUT2D eigenvalue weighted by molar-refractivity contribution is 7.07. The molecule has 2 rings (SSSR count). The molecule has 0 atom stereocenters. The van der Waals surface area contributed by atoms with Gasteiger partial charge in [0.15, 0.2) is 0 Å². The molecule has 0 radical (unpaired) electrons. The summed E-state index contributed by atoms with van der Waals surface area (Å²) in [6, 6.07) is 0. The Bertz CT molecular complexity index is 382. The van der Waals surface area contributed by atoms with Crippen LogP contribution in [0.15, 0.2) is 23.3 Å². The zero-order chi connectivity index (χ0) is 9.80. The van der Waals surface area contributed by atoms with Crippen LogP contribution < -0.4 is 5.32 Å². The van der Waals surface area contributed by atoms with E-state index in [1.54, 1.807) is 23.7 Å². The van der Waals surface area contributed by atoms with Crippen LogP contribution >= 0.6 is 11.3 Å². The zero-order valence-corrected chi connectivity index (χ0v) is 8.58. The molecule has 0 fully saturated rings. The van der Waals surface area contributed by atoms with Crippen molar-refractivity contribution >= 4 is 17.0 Å². The van der Waals surface area contributed by atoms with Crippen molar-refractivity contribution in [3.63, 3.8) is 0 Å². The Balaban J connectivity index is 1.95. The van der Waals surface area contributed by atoms with Crippen molar-refractivity contribution in [3.05, 3.63) is 34.8 Å². The molecule has 0 saturated heterocycles. The van der Waals surface area contributed by atoms with Gasteiger partial charge in [-0.25, -0.2) is 15.0 Å². The van der Waals surface area contributed by atoms with Gasteiger partial charge in [0.1, 0.15) is 5.82 Å². The standard InChI is InChI=1S/C9H10N4S/c1-7-10-2-8(3-11-7)12-4-9-5-14-6-13-9/h2-3,5-6,12H,4H2,1H3. The van der Waals surface area contributed by atoms with Crippen molar-refractivity contribution in [3.8, 4) is 0 Å². The second-order valence-electron chi connectivity index (χ2n) is 2.85. The molecule has 4 nitrogen and oxygen atoms in total. The second kappa shape index (κ2) is 4.15. The van der Waals surface area contributed by atoms with Crippen LogP contribution in [-0.2, 0) is 6.54 Å². The van der Waals surface area contributed by atoms with Gasteiger partial charge in [-0.3, -0.25) is 0 Å². The SMILES string of the molecule is Cc1ncc(NCc2cscn2)cn1. The molecule has 2 heterocycles. The number of rotatable bonds is 3. The molecule has 2 aromatic heterocycles. The van der Waals surface area contributed by atoms with E-state index in [0.29, 0.717) is 0 Å². The summed E-state index contributed by atoms with van der Waals surface area (Å²) >= 11 is 1.59. The van der Waals surface area contributed by atoms with Gasteiger partial charge in [0.2, 0.25) is 0 Å². The molecule has 0 aliphatic rings. The maximum absolute atomic E-state index is 4.16. The molecule has 2 aromatic rings. The first-order chi connectivity index (χ1) is 6.84. The third-order valence-electron chi connectivity index (χ3n) is 1.74. The lowest BCUT2D eigenvalue weighted by Gasteiger charge is -2.02. The van der Waals surface area contributed by atoms with Gasteiger partial charge in [0.25, 0.3) is 0 Å². The Morgan fingerprint density at radius 2 is 2.07 bits per heavy atom. The van der Waals surface area contributed by atoms with Crippen molar-refractivity contribution in [2.75, 3.05) is 5.32 Å². The first-order valence-electron chi connectivity index (χ1n) is 4.24. The lowest BCUT2D eigenvalue weighted by molar-refractivity contribution is 1.02. The fraction of sp³-hybridized carbons (Fsp3) is 0.222. The highest BCUT2D eigenvalue weighted by Crippen LogP contribution is 2.06. The monoisotopic (exact) mass is 206 g/mol. The summed E-state index contributed by atoms with van der Waals surface area (Å²) in [5.41, 5.74) is 3.78. The Kier molecular flexibility index (Phi) is 2.69. The van der Waals surface area contributed by atoms with Gasteiger partial charge in [-0.15, -0.1) is 11.3 Å². The van der Waals surface area contributed by atoms with Gasteiger partial charge in [-0.1, -0.05) is 0 Å². The fourth-order valence-corrected chi connectivity index (χ4v) is 1.56. The van der Waals surface area contributed by atoms with Gasteiger partial charge >= 0.3 is 0 Å². The van der Waals surface area contributed by atoms with Crippen molar-refractivity contribution < 1.29 is 0 Å². The molecule has 0 saturated carbocycles. The second-order valence-corrected chi connectivity index (χ2v) is 3.57. The molecule has 14 heavy (non-hydrogen) atoms. The summed E-state index contributed by atoms with van der Waals surface area (Å²) in [5, 5.41) is 5.21. The highest BCUT2D eigenvalue weighted by Gasteiger charge is 1.95. The molecule has 0 aliphatic carbocycles. The molecule has 0 aromatic carbocycles. The van der Waals surface area contributed by atoms with E-state index in [0.717, 1.165) is 23.8 Å². The number of hydrogen-bond acceptors (Lipinski definition) is 5. The van der Waals surface area contributed by atoms with E-state index in [1.165, 1.54) is 0 Å². The van der Waals surface area contributed by atoms with Crippen molar-refractivity contribution in [1.29, 1.82) is 0 Å². The molecule has 5 heteroatoms. The third kappa shape index (κ3) is 2.26. The maximum atomic E-state index is 4.16. The van der Waals surface area contributed by atoms with Crippen LogP contribution in [0.2, 0.25) is 0 Å². The molecular formula is C9H10N4S. The van der Waals surface area contributed by atoms with E-state index < -0.39 is 0 Å². The quantitative estimate of drug-likeness (QED) is 0.832. The number of aromatic nitrogens is 3. The molecule has 0 aliphatic heterocycles. The Labute approximate surface area is 86.1 Å². The normalized spacial score (nSPS) is 10.1. The summed E-state index contributed by atoms with van der Waals surface area (Å²) in [7, 11) is 0. The average molecular weight is 206 g/mol. The predicted molar refractivity (Wildman–Crippen MR) is 56.2 cm³/mol. The summed E-state index contributed by atoms with van der Waals surface area (Å²) < 4.78 is 0.